The zero-order chi connectivity index (χ0) is 76.6. The van der Waals surface area contributed by atoms with Crippen LogP contribution in [0, 0.1) is 0 Å². The molecule has 8 heteroatoms. The van der Waals surface area contributed by atoms with Crippen LogP contribution in [-0.4, -0.2) is 13.4 Å². The van der Waals surface area contributed by atoms with Crippen LogP contribution in [0.4, 0.5) is 85.3 Å². The van der Waals surface area contributed by atoms with Crippen molar-refractivity contribution in [2.75, 3.05) is 24.5 Å². The molecule has 18 aromatic carbocycles. The van der Waals surface area contributed by atoms with E-state index in [9.17, 15) is 0 Å². The number of fused-ring (bicyclic) bond motifs is 8. The summed E-state index contributed by atoms with van der Waals surface area (Å²) < 4.78 is 0. The predicted octanol–water partition coefficient (Wildman–Crippen LogP) is 25.5. The molecule has 0 atom stereocenters. The molecular formula is C108H73B2N5S. The van der Waals surface area contributed by atoms with Gasteiger partial charge in [-0.05, 0) is 152 Å². The van der Waals surface area contributed by atoms with Gasteiger partial charge in [0.25, 0.3) is 6.71 Å². The third kappa shape index (κ3) is 11.5. The van der Waals surface area contributed by atoms with Gasteiger partial charge in [-0.1, -0.05) is 369 Å². The van der Waals surface area contributed by atoms with Crippen LogP contribution in [0.25, 0.3) is 66.8 Å². The van der Waals surface area contributed by atoms with Gasteiger partial charge in [0.1, 0.15) is 0 Å². The minimum atomic E-state index is -0.245. The largest absolute Gasteiger partial charge is 0.311 e. The van der Waals surface area contributed by atoms with Crippen molar-refractivity contribution in [1.82, 2.24) is 0 Å². The highest BCUT2D eigenvalue weighted by molar-refractivity contribution is 8.00. The smallest absolute Gasteiger partial charge is 0.252 e. The van der Waals surface area contributed by atoms with Crippen LogP contribution in [0.1, 0.15) is 0 Å². The van der Waals surface area contributed by atoms with E-state index < -0.39 is 0 Å². The molecule has 0 aromatic heterocycles. The summed E-state index contributed by atoms with van der Waals surface area (Å²) in [6.07, 6.45) is 0. The van der Waals surface area contributed by atoms with Crippen molar-refractivity contribution in [2.45, 2.75) is 9.79 Å². The van der Waals surface area contributed by atoms with Gasteiger partial charge in [-0.3, -0.25) is 0 Å². The van der Waals surface area contributed by atoms with Crippen molar-refractivity contribution in [2.24, 2.45) is 0 Å². The highest BCUT2D eigenvalue weighted by Gasteiger charge is 2.49. The first kappa shape index (κ1) is 68.3. The van der Waals surface area contributed by atoms with Crippen molar-refractivity contribution in [3.8, 4) is 66.8 Å². The molecule has 0 bridgehead atoms. The lowest BCUT2D eigenvalue weighted by Crippen LogP contribution is -2.64. The Morgan fingerprint density at radius 3 is 0.948 bits per heavy atom. The minimum Gasteiger partial charge on any atom is -0.311 e. The summed E-state index contributed by atoms with van der Waals surface area (Å²) in [5.41, 5.74) is 37.3. The van der Waals surface area contributed by atoms with Crippen LogP contribution in [0.15, 0.2) is 453 Å². The van der Waals surface area contributed by atoms with Gasteiger partial charge in [0.2, 0.25) is 6.71 Å². The quantitative estimate of drug-likeness (QED) is 0.0944. The fourth-order valence-corrected chi connectivity index (χ4v) is 20.0. The molecule has 542 valence electrons. The zero-order valence-corrected chi connectivity index (χ0v) is 64.3. The molecule has 0 spiro atoms. The Morgan fingerprint density at radius 2 is 0.517 bits per heavy atom. The normalized spacial score (nSPS) is 12.5. The lowest BCUT2D eigenvalue weighted by Gasteiger charge is -2.47. The third-order valence-corrected chi connectivity index (χ3v) is 24.7. The van der Waals surface area contributed by atoms with E-state index in [0.29, 0.717) is 0 Å². The molecule has 22 rings (SSSR count). The van der Waals surface area contributed by atoms with Crippen LogP contribution >= 0.6 is 11.8 Å². The van der Waals surface area contributed by atoms with E-state index in [-0.39, 0.29) is 13.4 Å². The van der Waals surface area contributed by atoms with Crippen molar-refractivity contribution in [1.29, 1.82) is 0 Å². The van der Waals surface area contributed by atoms with Crippen LogP contribution in [0.5, 0.6) is 0 Å². The Labute approximate surface area is 682 Å². The monoisotopic (exact) mass is 1490 g/mol. The summed E-state index contributed by atoms with van der Waals surface area (Å²) in [5, 5.41) is 0. The highest BCUT2D eigenvalue weighted by atomic mass is 32.2. The van der Waals surface area contributed by atoms with E-state index in [0.717, 1.165) is 152 Å². The molecule has 0 saturated heterocycles. The summed E-state index contributed by atoms with van der Waals surface area (Å²) in [5.74, 6) is 0. The van der Waals surface area contributed by atoms with E-state index in [1.807, 2.05) is 11.8 Å². The van der Waals surface area contributed by atoms with Gasteiger partial charge in [-0.2, -0.15) is 0 Å². The maximum Gasteiger partial charge on any atom is 0.252 e. The van der Waals surface area contributed by atoms with Crippen LogP contribution in [-0.2, 0) is 0 Å². The van der Waals surface area contributed by atoms with Crippen molar-refractivity contribution in [3.05, 3.63) is 443 Å². The second-order valence-corrected chi connectivity index (χ2v) is 31.2. The number of hydrogen-bond acceptors (Lipinski definition) is 6. The van der Waals surface area contributed by atoms with Gasteiger partial charge in [0, 0.05) is 106 Å². The maximum atomic E-state index is 2.70. The summed E-state index contributed by atoms with van der Waals surface area (Å²) in [6.45, 7) is -0.489. The second-order valence-electron chi connectivity index (χ2n) is 30.1. The van der Waals surface area contributed by atoms with E-state index in [4.69, 9.17) is 0 Å². The fourth-order valence-electron chi connectivity index (χ4n) is 18.7. The third-order valence-electron chi connectivity index (χ3n) is 23.6. The Hall–Kier alpha value is -14.6. The van der Waals surface area contributed by atoms with E-state index in [2.05, 4.69) is 467 Å². The Morgan fingerprint density at radius 1 is 0.198 bits per heavy atom. The molecular weight excluding hydrogens is 1420 g/mol. The van der Waals surface area contributed by atoms with Gasteiger partial charge in [0.05, 0.1) is 22.7 Å². The Balaban J connectivity index is 0.876. The fraction of sp³-hybridized carbons (Fsp3) is 0. The van der Waals surface area contributed by atoms with Gasteiger partial charge < -0.3 is 24.5 Å². The van der Waals surface area contributed by atoms with Crippen molar-refractivity contribution in [3.63, 3.8) is 0 Å². The summed E-state index contributed by atoms with van der Waals surface area (Å²) in [6, 6.07) is 165. The predicted molar refractivity (Wildman–Crippen MR) is 492 cm³/mol. The van der Waals surface area contributed by atoms with Gasteiger partial charge >= 0.3 is 0 Å². The van der Waals surface area contributed by atoms with Crippen LogP contribution in [0.3, 0.4) is 0 Å². The first-order valence-electron chi connectivity index (χ1n) is 40.0. The van der Waals surface area contributed by atoms with Crippen molar-refractivity contribution >= 4 is 143 Å². The molecule has 0 N–H and O–H groups in total. The lowest BCUT2D eigenvalue weighted by molar-refractivity contribution is 1.22. The standard InChI is InChI=1S/C108H73B2N5S/c1-11-38-74(39-12-1)86-58-35-59-87(75-40-13-2-14-41-75)106(86)112(82-54-27-9-28-55-82)85-70-101-105-103(71-85)116-102-73-98-94(72-95(102)110(105)93-65-32-34-67-97(93)114(101)107-88(76-42-15-3-16-43-76)60-36-61-89(107)77-44-17-4-18-45-77)109-92-64-31-33-66-96(92)113(83-56-29-10-30-57-83)99-68-84(111(80-50-23-7-24-51-80)81-52-25-8-26-53-81)69-100(104(99)109)115(98)108-90(78-46-19-5-20-47-78)62-37-63-91(108)79-48-21-6-22-49-79/h1-73H. The van der Waals surface area contributed by atoms with Gasteiger partial charge in [-0.15, -0.1) is 0 Å². The second kappa shape index (κ2) is 28.9. The van der Waals surface area contributed by atoms with E-state index in [1.165, 1.54) is 42.6 Å². The minimum absolute atomic E-state index is 0.244. The number of hydrogen-bond donors (Lipinski definition) is 0. The molecule has 4 heterocycles. The molecule has 0 amide bonds. The average Bonchev–Trinajstić information content (AvgIpc) is 0.685. The first-order chi connectivity index (χ1) is 57.6. The molecule has 116 heavy (non-hydrogen) atoms. The number of nitrogens with zero attached hydrogens (tertiary/aromatic N) is 5. The maximum absolute atomic E-state index is 2.70. The average molecular weight is 1490 g/mol. The molecule has 0 fully saturated rings. The molecule has 0 unspecified atom stereocenters. The first-order valence-corrected chi connectivity index (χ1v) is 40.8. The highest BCUT2D eigenvalue weighted by Crippen LogP contribution is 2.57. The van der Waals surface area contributed by atoms with Crippen molar-refractivity contribution < 1.29 is 0 Å². The van der Waals surface area contributed by atoms with Gasteiger partial charge in [0.15, 0.2) is 0 Å². The molecule has 5 nitrogen and oxygen atoms in total. The topological polar surface area (TPSA) is 16.2 Å². The molecule has 0 saturated carbocycles. The molecule has 0 aliphatic carbocycles. The Bertz CT molecular complexity index is 6540. The van der Waals surface area contributed by atoms with E-state index in [1.54, 1.807) is 0 Å². The SMILES string of the molecule is c1ccc(-c2cccc(-c3ccccc3)c2N(c2ccccc2)c2cc3c4c(c2)N(c2c(-c5ccccc5)cccc2-c2ccccc2)c2ccccc2B4c2cc4c(cc2S3)N(c2c(-c3ccccc3)cccc2-c2ccccc2)c2cc(N(c3ccccc3)c3ccccc3)cc3c2B4c2ccccc2N3c2ccccc2)cc1. The summed E-state index contributed by atoms with van der Waals surface area (Å²) in [4.78, 5) is 15.3. The zero-order valence-electron chi connectivity index (χ0n) is 63.4. The lowest BCUT2D eigenvalue weighted by atomic mass is 9.31. The van der Waals surface area contributed by atoms with Crippen LogP contribution < -0.4 is 57.3 Å². The molecule has 0 radical (unpaired) electrons. The summed E-state index contributed by atoms with van der Waals surface area (Å²) >= 11 is 1.91. The molecule has 18 aromatic rings. The van der Waals surface area contributed by atoms with Gasteiger partial charge in [-0.25, -0.2) is 0 Å². The number of rotatable bonds is 15. The molecule has 4 aliphatic heterocycles. The number of benzene rings is 18. The summed E-state index contributed by atoms with van der Waals surface area (Å²) in [7, 11) is 0. The number of para-hydroxylation sites is 9. The number of anilines is 15. The van der Waals surface area contributed by atoms with Crippen LogP contribution in [0.2, 0.25) is 0 Å². The van der Waals surface area contributed by atoms with E-state index >= 15 is 0 Å². The molecule has 4 aliphatic rings. The Kier molecular flexibility index (Phi) is 17.0.